The molecular formula is C16H17N3. The topological polar surface area (TPSA) is 51.8 Å². The van der Waals surface area contributed by atoms with Gasteiger partial charge in [-0.15, -0.1) is 0 Å². The molecule has 96 valence electrons. The van der Waals surface area contributed by atoms with E-state index in [1.54, 1.807) is 24.8 Å². The minimum absolute atomic E-state index is 0.822. The van der Waals surface area contributed by atoms with E-state index in [2.05, 4.69) is 9.97 Å². The van der Waals surface area contributed by atoms with Gasteiger partial charge >= 0.3 is 0 Å². The molecule has 19 heavy (non-hydrogen) atoms. The predicted octanol–water partition coefficient (Wildman–Crippen LogP) is 3.43. The standard InChI is InChI=1S/C6H7N.2C5H5N/c7-6-4-2-1-3-5-6;2*1-2-4-6-5-3-1/h1-5H,7H2;2*1-5H. The molecule has 3 aromatic rings. The highest BCUT2D eigenvalue weighted by Gasteiger charge is 1.72. The van der Waals surface area contributed by atoms with Gasteiger partial charge in [0.2, 0.25) is 0 Å². The summed E-state index contributed by atoms with van der Waals surface area (Å²) in [5.74, 6) is 0. The van der Waals surface area contributed by atoms with Crippen molar-refractivity contribution in [3.8, 4) is 0 Å². The van der Waals surface area contributed by atoms with Crippen molar-refractivity contribution in [2.75, 3.05) is 5.73 Å². The molecule has 0 saturated heterocycles. The number of hydrogen-bond acceptors (Lipinski definition) is 3. The van der Waals surface area contributed by atoms with Gasteiger partial charge in [-0.05, 0) is 36.4 Å². The lowest BCUT2D eigenvalue weighted by Gasteiger charge is -1.83. The molecule has 0 radical (unpaired) electrons. The van der Waals surface area contributed by atoms with E-state index in [0.717, 1.165) is 5.69 Å². The lowest BCUT2D eigenvalue weighted by molar-refractivity contribution is 1.33. The molecule has 3 rings (SSSR count). The summed E-state index contributed by atoms with van der Waals surface area (Å²) in [7, 11) is 0. The van der Waals surface area contributed by atoms with Crippen molar-refractivity contribution < 1.29 is 0 Å². The lowest BCUT2D eigenvalue weighted by Crippen LogP contribution is -1.79. The average Bonchev–Trinajstić information content (AvgIpc) is 2.53. The molecule has 0 fully saturated rings. The largest absolute Gasteiger partial charge is 0.399 e. The second kappa shape index (κ2) is 10.5. The molecule has 0 spiro atoms. The first-order valence-electron chi connectivity index (χ1n) is 5.90. The minimum atomic E-state index is 0.822. The second-order valence-electron chi connectivity index (χ2n) is 3.46. The maximum atomic E-state index is 5.36. The third-order valence-corrected chi connectivity index (χ3v) is 1.93. The SMILES string of the molecule is Nc1ccccc1.c1ccncc1.c1ccncc1. The zero-order chi connectivity index (χ0) is 13.6. The van der Waals surface area contributed by atoms with E-state index >= 15 is 0 Å². The number of benzene rings is 1. The number of nitrogen functional groups attached to an aromatic ring is 1. The van der Waals surface area contributed by atoms with E-state index < -0.39 is 0 Å². The number of aromatic nitrogens is 2. The van der Waals surface area contributed by atoms with Crippen molar-refractivity contribution in [2.45, 2.75) is 0 Å². The summed E-state index contributed by atoms with van der Waals surface area (Å²) in [5.41, 5.74) is 6.18. The molecule has 1 aromatic carbocycles. The van der Waals surface area contributed by atoms with E-state index in [-0.39, 0.29) is 0 Å². The fourth-order valence-corrected chi connectivity index (χ4v) is 1.08. The minimum Gasteiger partial charge on any atom is -0.399 e. The van der Waals surface area contributed by atoms with E-state index in [1.807, 2.05) is 66.7 Å². The van der Waals surface area contributed by atoms with Crippen LogP contribution in [0, 0.1) is 0 Å². The van der Waals surface area contributed by atoms with E-state index in [1.165, 1.54) is 0 Å². The Morgan fingerprint density at radius 2 is 0.895 bits per heavy atom. The number of rotatable bonds is 0. The molecule has 0 bridgehead atoms. The molecule has 0 aliphatic heterocycles. The van der Waals surface area contributed by atoms with Crippen LogP contribution < -0.4 is 5.73 Å². The first kappa shape index (κ1) is 14.4. The Balaban J connectivity index is 0.000000143. The van der Waals surface area contributed by atoms with Crippen LogP contribution in [-0.2, 0) is 0 Å². The smallest absolute Gasteiger partial charge is 0.0313 e. The van der Waals surface area contributed by atoms with Crippen LogP contribution in [0.1, 0.15) is 0 Å². The quantitative estimate of drug-likeness (QED) is 0.623. The van der Waals surface area contributed by atoms with Crippen LogP contribution in [0.15, 0.2) is 91.5 Å². The maximum absolute atomic E-state index is 5.36. The highest BCUT2D eigenvalue weighted by molar-refractivity contribution is 5.35. The molecular weight excluding hydrogens is 234 g/mol. The molecule has 0 aliphatic carbocycles. The highest BCUT2D eigenvalue weighted by Crippen LogP contribution is 1.95. The van der Waals surface area contributed by atoms with Gasteiger partial charge in [-0.2, -0.15) is 0 Å². The molecule has 2 heterocycles. The summed E-state index contributed by atoms with van der Waals surface area (Å²) in [6.07, 6.45) is 7.00. The first-order chi connectivity index (χ1) is 9.39. The van der Waals surface area contributed by atoms with Crippen LogP contribution in [0.5, 0.6) is 0 Å². The van der Waals surface area contributed by atoms with Crippen LogP contribution in [0.2, 0.25) is 0 Å². The third-order valence-electron chi connectivity index (χ3n) is 1.93. The number of hydrogen-bond donors (Lipinski definition) is 1. The van der Waals surface area contributed by atoms with E-state index in [4.69, 9.17) is 5.73 Å². The van der Waals surface area contributed by atoms with Crippen LogP contribution in [0.25, 0.3) is 0 Å². The molecule has 0 unspecified atom stereocenters. The van der Waals surface area contributed by atoms with Crippen molar-refractivity contribution in [3.63, 3.8) is 0 Å². The Labute approximate surface area is 113 Å². The van der Waals surface area contributed by atoms with Crippen LogP contribution in [0.4, 0.5) is 5.69 Å². The number of para-hydroxylation sites is 1. The van der Waals surface area contributed by atoms with Gasteiger partial charge in [-0.3, -0.25) is 9.97 Å². The summed E-state index contributed by atoms with van der Waals surface area (Å²) in [6, 6.07) is 20.9. The Bertz CT molecular complexity index is 413. The molecule has 3 heteroatoms. The lowest BCUT2D eigenvalue weighted by atomic mass is 10.3. The van der Waals surface area contributed by atoms with Gasteiger partial charge in [0.1, 0.15) is 0 Å². The summed E-state index contributed by atoms with van der Waals surface area (Å²) in [4.78, 5) is 7.57. The van der Waals surface area contributed by atoms with Crippen molar-refractivity contribution in [1.29, 1.82) is 0 Å². The van der Waals surface area contributed by atoms with Gasteiger partial charge < -0.3 is 5.73 Å². The summed E-state index contributed by atoms with van der Waals surface area (Å²) in [5, 5.41) is 0. The Morgan fingerprint density at radius 3 is 1.05 bits per heavy atom. The zero-order valence-corrected chi connectivity index (χ0v) is 10.6. The van der Waals surface area contributed by atoms with Gasteiger partial charge in [0.25, 0.3) is 0 Å². The summed E-state index contributed by atoms with van der Waals surface area (Å²) >= 11 is 0. The Kier molecular flexibility index (Phi) is 7.93. The fraction of sp³-hybridized carbons (Fsp3) is 0. The maximum Gasteiger partial charge on any atom is 0.0313 e. The molecule has 2 aromatic heterocycles. The van der Waals surface area contributed by atoms with Gasteiger partial charge in [-0.25, -0.2) is 0 Å². The zero-order valence-electron chi connectivity index (χ0n) is 10.6. The number of nitrogens with two attached hydrogens (primary N) is 1. The van der Waals surface area contributed by atoms with Gasteiger partial charge in [-0.1, -0.05) is 30.3 Å². The van der Waals surface area contributed by atoms with Gasteiger partial charge in [0.15, 0.2) is 0 Å². The van der Waals surface area contributed by atoms with Crippen molar-refractivity contribution in [3.05, 3.63) is 91.5 Å². The number of pyridine rings is 2. The number of nitrogens with zero attached hydrogens (tertiary/aromatic N) is 2. The average molecular weight is 251 g/mol. The third kappa shape index (κ3) is 9.06. The van der Waals surface area contributed by atoms with Crippen molar-refractivity contribution in [2.24, 2.45) is 0 Å². The van der Waals surface area contributed by atoms with Crippen LogP contribution in [0.3, 0.4) is 0 Å². The van der Waals surface area contributed by atoms with Crippen molar-refractivity contribution in [1.82, 2.24) is 9.97 Å². The molecule has 3 nitrogen and oxygen atoms in total. The Hall–Kier alpha value is -2.68. The van der Waals surface area contributed by atoms with Gasteiger partial charge in [0.05, 0.1) is 0 Å². The normalized spacial score (nSPS) is 8.21. The Morgan fingerprint density at radius 1 is 0.526 bits per heavy atom. The van der Waals surface area contributed by atoms with Crippen LogP contribution in [-0.4, -0.2) is 9.97 Å². The summed E-state index contributed by atoms with van der Waals surface area (Å²) in [6.45, 7) is 0. The molecule has 0 aliphatic rings. The van der Waals surface area contributed by atoms with Crippen LogP contribution >= 0.6 is 0 Å². The van der Waals surface area contributed by atoms with E-state index in [9.17, 15) is 0 Å². The van der Waals surface area contributed by atoms with Gasteiger partial charge in [0, 0.05) is 30.5 Å². The molecule has 0 atom stereocenters. The van der Waals surface area contributed by atoms with Crippen molar-refractivity contribution >= 4 is 5.69 Å². The fourth-order valence-electron chi connectivity index (χ4n) is 1.08. The second-order valence-corrected chi connectivity index (χ2v) is 3.46. The molecule has 0 saturated carbocycles. The predicted molar refractivity (Wildman–Crippen MR) is 79.3 cm³/mol. The monoisotopic (exact) mass is 251 g/mol. The van der Waals surface area contributed by atoms with E-state index in [0.29, 0.717) is 0 Å². The number of anilines is 1. The molecule has 0 amide bonds. The summed E-state index contributed by atoms with van der Waals surface area (Å²) < 4.78 is 0. The first-order valence-corrected chi connectivity index (χ1v) is 5.90. The highest BCUT2D eigenvalue weighted by atomic mass is 14.6. The molecule has 2 N–H and O–H groups in total.